The van der Waals surface area contributed by atoms with Crippen LogP contribution in [0.5, 0.6) is 0 Å². The van der Waals surface area contributed by atoms with Gasteiger partial charge in [0, 0.05) is 25.2 Å². The van der Waals surface area contributed by atoms with Gasteiger partial charge >= 0.3 is 0 Å². The summed E-state index contributed by atoms with van der Waals surface area (Å²) in [6.45, 7) is 2.60. The van der Waals surface area contributed by atoms with Crippen LogP contribution in [0.3, 0.4) is 0 Å². The van der Waals surface area contributed by atoms with E-state index in [2.05, 4.69) is 20.8 Å². The summed E-state index contributed by atoms with van der Waals surface area (Å²) in [5, 5.41) is 12.6. The number of halogens is 1. The fourth-order valence-electron chi connectivity index (χ4n) is 2.30. The molecule has 0 bridgehead atoms. The van der Waals surface area contributed by atoms with E-state index in [0.717, 1.165) is 6.54 Å². The molecule has 1 amide bonds. The summed E-state index contributed by atoms with van der Waals surface area (Å²) >= 11 is 0. The molecule has 3 N–H and O–H groups in total. The predicted molar refractivity (Wildman–Crippen MR) is 78.9 cm³/mol. The molecular formula is C15H17FN4O2. The fourth-order valence-corrected chi connectivity index (χ4v) is 2.30. The molecule has 1 aromatic carbocycles. The van der Waals surface area contributed by atoms with Gasteiger partial charge < -0.3 is 15.4 Å². The lowest BCUT2D eigenvalue weighted by Crippen LogP contribution is -2.45. The Balaban J connectivity index is 1.63. The van der Waals surface area contributed by atoms with Crippen molar-refractivity contribution in [3.8, 4) is 11.3 Å². The van der Waals surface area contributed by atoms with E-state index in [1.165, 1.54) is 12.1 Å². The highest BCUT2D eigenvalue weighted by atomic mass is 19.1. The number of aromatic amines is 1. The lowest BCUT2D eigenvalue weighted by molar-refractivity contribution is 0.0286. The van der Waals surface area contributed by atoms with E-state index in [0.29, 0.717) is 36.6 Å². The molecule has 0 saturated carbocycles. The number of ether oxygens (including phenoxy) is 1. The van der Waals surface area contributed by atoms with Gasteiger partial charge in [0.15, 0.2) is 0 Å². The first kappa shape index (κ1) is 14.7. The van der Waals surface area contributed by atoms with Crippen LogP contribution in [0, 0.1) is 5.82 Å². The second-order valence-electron chi connectivity index (χ2n) is 5.05. The molecule has 22 heavy (non-hydrogen) atoms. The molecule has 0 aliphatic carbocycles. The number of carbonyl (C=O) groups is 1. The first-order chi connectivity index (χ1) is 10.7. The minimum absolute atomic E-state index is 0.0355. The molecule has 1 atom stereocenters. The van der Waals surface area contributed by atoms with Gasteiger partial charge in [0.25, 0.3) is 5.91 Å². The molecule has 1 fully saturated rings. The monoisotopic (exact) mass is 304 g/mol. The van der Waals surface area contributed by atoms with Gasteiger partial charge in [-0.2, -0.15) is 5.10 Å². The van der Waals surface area contributed by atoms with Crippen molar-refractivity contribution in [2.24, 2.45) is 0 Å². The van der Waals surface area contributed by atoms with Crippen molar-refractivity contribution in [3.05, 3.63) is 41.8 Å². The normalized spacial score (nSPS) is 18.1. The van der Waals surface area contributed by atoms with E-state index in [-0.39, 0.29) is 17.8 Å². The van der Waals surface area contributed by atoms with E-state index in [4.69, 9.17) is 4.74 Å². The number of H-pyrrole nitrogens is 1. The molecule has 1 saturated heterocycles. The van der Waals surface area contributed by atoms with Crippen molar-refractivity contribution < 1.29 is 13.9 Å². The van der Waals surface area contributed by atoms with E-state index < -0.39 is 0 Å². The number of amides is 1. The topological polar surface area (TPSA) is 79.0 Å². The summed E-state index contributed by atoms with van der Waals surface area (Å²) in [6.07, 6.45) is -0.0355. The van der Waals surface area contributed by atoms with Gasteiger partial charge in [-0.05, 0) is 18.2 Å². The molecule has 0 radical (unpaired) electrons. The second-order valence-corrected chi connectivity index (χ2v) is 5.05. The molecule has 1 aliphatic rings. The van der Waals surface area contributed by atoms with Crippen LogP contribution in [-0.2, 0) is 4.74 Å². The van der Waals surface area contributed by atoms with Gasteiger partial charge in [-0.3, -0.25) is 9.89 Å². The predicted octanol–water partition coefficient (Wildman–Crippen LogP) is 0.934. The van der Waals surface area contributed by atoms with Gasteiger partial charge in [0.1, 0.15) is 11.5 Å². The molecular weight excluding hydrogens is 287 g/mol. The summed E-state index contributed by atoms with van der Waals surface area (Å²) in [7, 11) is 0. The number of benzene rings is 1. The number of morpholine rings is 1. The third-order valence-corrected chi connectivity index (χ3v) is 3.47. The van der Waals surface area contributed by atoms with E-state index >= 15 is 0 Å². The van der Waals surface area contributed by atoms with Crippen molar-refractivity contribution in [1.29, 1.82) is 0 Å². The summed E-state index contributed by atoms with van der Waals surface area (Å²) in [6, 6.07) is 7.84. The zero-order valence-electron chi connectivity index (χ0n) is 11.9. The number of hydrogen-bond donors (Lipinski definition) is 3. The Bertz CT molecular complexity index is 652. The Morgan fingerprint density at radius 2 is 2.32 bits per heavy atom. The van der Waals surface area contributed by atoms with Gasteiger partial charge in [-0.15, -0.1) is 0 Å². The van der Waals surface area contributed by atoms with Crippen molar-refractivity contribution in [2.75, 3.05) is 26.2 Å². The molecule has 1 aromatic heterocycles. The van der Waals surface area contributed by atoms with Crippen LogP contribution in [0.4, 0.5) is 4.39 Å². The highest BCUT2D eigenvalue weighted by molar-refractivity contribution is 5.93. The van der Waals surface area contributed by atoms with Crippen LogP contribution >= 0.6 is 0 Å². The fraction of sp³-hybridized carbons (Fsp3) is 0.333. The van der Waals surface area contributed by atoms with Gasteiger partial charge in [-0.1, -0.05) is 12.1 Å². The van der Waals surface area contributed by atoms with E-state index in [1.807, 2.05) is 0 Å². The zero-order chi connectivity index (χ0) is 15.4. The number of carbonyl (C=O) groups excluding carboxylic acids is 1. The highest BCUT2D eigenvalue weighted by Crippen LogP contribution is 2.20. The Morgan fingerprint density at radius 1 is 1.45 bits per heavy atom. The Morgan fingerprint density at radius 3 is 3.09 bits per heavy atom. The van der Waals surface area contributed by atoms with Crippen molar-refractivity contribution >= 4 is 5.91 Å². The molecule has 1 unspecified atom stereocenters. The van der Waals surface area contributed by atoms with Gasteiger partial charge in [-0.25, -0.2) is 4.39 Å². The third-order valence-electron chi connectivity index (χ3n) is 3.47. The lowest BCUT2D eigenvalue weighted by Gasteiger charge is -2.23. The number of hydrogen-bond acceptors (Lipinski definition) is 4. The zero-order valence-corrected chi connectivity index (χ0v) is 11.9. The maximum atomic E-state index is 13.7. The van der Waals surface area contributed by atoms with Crippen LogP contribution < -0.4 is 10.6 Å². The van der Waals surface area contributed by atoms with Gasteiger partial charge in [0.05, 0.1) is 18.4 Å². The van der Waals surface area contributed by atoms with Crippen LogP contribution in [0.15, 0.2) is 30.3 Å². The first-order valence-electron chi connectivity index (χ1n) is 7.15. The van der Waals surface area contributed by atoms with Crippen molar-refractivity contribution in [1.82, 2.24) is 20.8 Å². The molecule has 2 aromatic rings. The quantitative estimate of drug-likeness (QED) is 0.785. The lowest BCUT2D eigenvalue weighted by atomic mass is 10.1. The number of aromatic nitrogens is 2. The maximum Gasteiger partial charge on any atom is 0.269 e. The number of rotatable bonds is 4. The third kappa shape index (κ3) is 3.32. The molecule has 3 rings (SSSR count). The van der Waals surface area contributed by atoms with Crippen LogP contribution in [0.25, 0.3) is 11.3 Å². The van der Waals surface area contributed by atoms with Gasteiger partial charge in [0.2, 0.25) is 0 Å². The standard InChI is InChI=1S/C15H17FN4O2/c16-12-4-2-1-3-11(12)13-7-14(20-19-13)15(21)18-9-10-8-17-5-6-22-10/h1-4,7,10,17H,5-6,8-9H2,(H,18,21)(H,19,20). The second kappa shape index (κ2) is 6.67. The Kier molecular flexibility index (Phi) is 4.45. The Labute approximate surface area is 127 Å². The summed E-state index contributed by atoms with van der Waals surface area (Å²) < 4.78 is 19.2. The van der Waals surface area contributed by atoms with Crippen LogP contribution in [0.2, 0.25) is 0 Å². The first-order valence-corrected chi connectivity index (χ1v) is 7.15. The molecule has 7 heteroatoms. The molecule has 1 aliphatic heterocycles. The largest absolute Gasteiger partial charge is 0.374 e. The highest BCUT2D eigenvalue weighted by Gasteiger charge is 2.17. The van der Waals surface area contributed by atoms with E-state index in [9.17, 15) is 9.18 Å². The van der Waals surface area contributed by atoms with E-state index in [1.54, 1.807) is 18.2 Å². The summed E-state index contributed by atoms with van der Waals surface area (Å²) in [5.41, 5.74) is 1.05. The molecule has 6 nitrogen and oxygen atoms in total. The smallest absolute Gasteiger partial charge is 0.269 e. The number of nitrogens with one attached hydrogen (secondary N) is 3. The Hall–Kier alpha value is -2.25. The maximum absolute atomic E-state index is 13.7. The minimum atomic E-state index is -0.373. The van der Waals surface area contributed by atoms with Crippen molar-refractivity contribution in [2.45, 2.75) is 6.10 Å². The average molecular weight is 304 g/mol. The summed E-state index contributed by atoms with van der Waals surface area (Å²) in [4.78, 5) is 12.1. The summed E-state index contributed by atoms with van der Waals surface area (Å²) in [5.74, 6) is -0.660. The molecule has 0 spiro atoms. The van der Waals surface area contributed by atoms with Crippen LogP contribution in [-0.4, -0.2) is 48.4 Å². The minimum Gasteiger partial charge on any atom is -0.374 e. The molecule has 2 heterocycles. The number of nitrogens with zero attached hydrogens (tertiary/aromatic N) is 1. The average Bonchev–Trinajstić information content (AvgIpc) is 3.04. The SMILES string of the molecule is O=C(NCC1CNCCO1)c1cc(-c2ccccc2F)n[nH]1. The van der Waals surface area contributed by atoms with Crippen molar-refractivity contribution in [3.63, 3.8) is 0 Å². The molecule has 116 valence electrons. The van der Waals surface area contributed by atoms with Crippen LogP contribution in [0.1, 0.15) is 10.5 Å².